The molecular weight excluding hydrogens is 112 g/mol. The summed E-state index contributed by atoms with van der Waals surface area (Å²) in [5.74, 6) is 0.849. The van der Waals surface area contributed by atoms with E-state index < -0.39 is 0 Å². The normalized spacial score (nSPS) is 20.9. The first-order chi connectivity index (χ1) is 4.36. The summed E-state index contributed by atoms with van der Waals surface area (Å²) in [6, 6.07) is 2.31. The Morgan fingerprint density at radius 3 is 2.78 bits per heavy atom. The van der Waals surface area contributed by atoms with Crippen molar-refractivity contribution in [2.24, 2.45) is 5.92 Å². The van der Waals surface area contributed by atoms with Crippen LogP contribution in [0.2, 0.25) is 0 Å². The standard InChI is InChI=1S/C7H12N2/c1-9-7(5-8)4-6-2-3-6/h6-7,9H,2-4H2,1H3/t7-/m0/s1. The summed E-state index contributed by atoms with van der Waals surface area (Å²) in [7, 11) is 1.84. The Hall–Kier alpha value is -0.550. The van der Waals surface area contributed by atoms with Crippen LogP contribution in [0.5, 0.6) is 0 Å². The molecule has 2 heteroatoms. The fourth-order valence-electron chi connectivity index (χ4n) is 0.922. The van der Waals surface area contributed by atoms with Gasteiger partial charge >= 0.3 is 0 Å². The van der Waals surface area contributed by atoms with Crippen molar-refractivity contribution in [1.82, 2.24) is 5.32 Å². The summed E-state index contributed by atoms with van der Waals surface area (Å²) in [6.07, 6.45) is 3.72. The molecule has 0 aromatic rings. The first-order valence-corrected chi connectivity index (χ1v) is 3.43. The predicted molar refractivity (Wildman–Crippen MR) is 35.8 cm³/mol. The van der Waals surface area contributed by atoms with Gasteiger partial charge in [-0.05, 0) is 19.4 Å². The minimum atomic E-state index is 0.0949. The summed E-state index contributed by atoms with van der Waals surface area (Å²) in [6.45, 7) is 0. The number of hydrogen-bond donors (Lipinski definition) is 1. The minimum absolute atomic E-state index is 0.0949. The van der Waals surface area contributed by atoms with Crippen molar-refractivity contribution in [2.45, 2.75) is 25.3 Å². The molecule has 1 aliphatic rings. The lowest BCUT2D eigenvalue weighted by molar-refractivity contribution is 0.581. The van der Waals surface area contributed by atoms with Gasteiger partial charge in [0.15, 0.2) is 0 Å². The molecule has 1 saturated carbocycles. The minimum Gasteiger partial charge on any atom is -0.305 e. The van der Waals surface area contributed by atoms with Crippen molar-refractivity contribution in [2.75, 3.05) is 7.05 Å². The Bertz CT molecular complexity index is 121. The lowest BCUT2D eigenvalue weighted by Gasteiger charge is -2.03. The Balaban J connectivity index is 2.14. The van der Waals surface area contributed by atoms with Crippen molar-refractivity contribution in [3.63, 3.8) is 0 Å². The topological polar surface area (TPSA) is 35.8 Å². The highest BCUT2D eigenvalue weighted by atomic mass is 14.9. The monoisotopic (exact) mass is 124 g/mol. The molecule has 1 atom stereocenters. The van der Waals surface area contributed by atoms with Crippen molar-refractivity contribution in [3.8, 4) is 6.07 Å². The molecule has 2 nitrogen and oxygen atoms in total. The zero-order valence-electron chi connectivity index (χ0n) is 5.72. The van der Waals surface area contributed by atoms with Crippen LogP contribution in [-0.4, -0.2) is 13.1 Å². The highest BCUT2D eigenvalue weighted by molar-refractivity contribution is 4.92. The van der Waals surface area contributed by atoms with Crippen LogP contribution in [0.1, 0.15) is 19.3 Å². The van der Waals surface area contributed by atoms with Crippen LogP contribution in [0, 0.1) is 17.2 Å². The molecule has 0 bridgehead atoms. The maximum absolute atomic E-state index is 8.49. The van der Waals surface area contributed by atoms with Crippen molar-refractivity contribution < 1.29 is 0 Å². The summed E-state index contributed by atoms with van der Waals surface area (Å²) in [4.78, 5) is 0. The third-order valence-electron chi connectivity index (χ3n) is 1.77. The summed E-state index contributed by atoms with van der Waals surface area (Å²) in [5, 5.41) is 11.5. The zero-order chi connectivity index (χ0) is 6.69. The molecule has 1 fully saturated rings. The van der Waals surface area contributed by atoms with Crippen molar-refractivity contribution in [3.05, 3.63) is 0 Å². The van der Waals surface area contributed by atoms with Crippen LogP contribution in [-0.2, 0) is 0 Å². The predicted octanol–water partition coefficient (Wildman–Crippen LogP) is 0.898. The zero-order valence-corrected chi connectivity index (χ0v) is 5.72. The van der Waals surface area contributed by atoms with Gasteiger partial charge in [-0.25, -0.2) is 0 Å². The third kappa shape index (κ3) is 2.03. The lowest BCUT2D eigenvalue weighted by atomic mass is 10.1. The van der Waals surface area contributed by atoms with Gasteiger partial charge in [0, 0.05) is 0 Å². The fraction of sp³-hybridized carbons (Fsp3) is 0.857. The number of rotatable bonds is 3. The molecule has 0 heterocycles. The first-order valence-electron chi connectivity index (χ1n) is 3.43. The number of nitriles is 1. The van der Waals surface area contributed by atoms with E-state index in [-0.39, 0.29) is 6.04 Å². The van der Waals surface area contributed by atoms with Gasteiger partial charge in [-0.2, -0.15) is 5.26 Å². The molecule has 0 amide bonds. The van der Waals surface area contributed by atoms with Crippen LogP contribution < -0.4 is 5.32 Å². The van der Waals surface area contributed by atoms with Gasteiger partial charge < -0.3 is 5.32 Å². The first kappa shape index (κ1) is 6.57. The van der Waals surface area contributed by atoms with Gasteiger partial charge in [-0.1, -0.05) is 12.8 Å². The van der Waals surface area contributed by atoms with Gasteiger partial charge in [-0.3, -0.25) is 0 Å². The van der Waals surface area contributed by atoms with Crippen molar-refractivity contribution >= 4 is 0 Å². The Kier molecular flexibility index (Phi) is 2.07. The van der Waals surface area contributed by atoms with E-state index in [9.17, 15) is 0 Å². The molecule has 9 heavy (non-hydrogen) atoms. The molecule has 0 unspecified atom stereocenters. The molecule has 1 aliphatic carbocycles. The van der Waals surface area contributed by atoms with E-state index in [1.54, 1.807) is 0 Å². The van der Waals surface area contributed by atoms with Crippen LogP contribution in [0.4, 0.5) is 0 Å². The number of nitrogens with zero attached hydrogens (tertiary/aromatic N) is 1. The van der Waals surface area contributed by atoms with E-state index in [0.29, 0.717) is 0 Å². The summed E-state index contributed by atoms with van der Waals surface area (Å²) < 4.78 is 0. The maximum atomic E-state index is 8.49. The Morgan fingerprint density at radius 1 is 1.78 bits per heavy atom. The van der Waals surface area contributed by atoms with Gasteiger partial charge in [0.25, 0.3) is 0 Å². The fourth-order valence-corrected chi connectivity index (χ4v) is 0.922. The maximum Gasteiger partial charge on any atom is 0.0953 e. The lowest BCUT2D eigenvalue weighted by Crippen LogP contribution is -2.23. The summed E-state index contributed by atoms with van der Waals surface area (Å²) in [5.41, 5.74) is 0. The second kappa shape index (κ2) is 2.84. The molecule has 0 radical (unpaired) electrons. The molecule has 1 rings (SSSR count). The summed E-state index contributed by atoms with van der Waals surface area (Å²) >= 11 is 0. The molecule has 50 valence electrons. The van der Waals surface area contributed by atoms with E-state index in [1.807, 2.05) is 7.05 Å². The van der Waals surface area contributed by atoms with Crippen LogP contribution in [0.3, 0.4) is 0 Å². The Morgan fingerprint density at radius 2 is 2.44 bits per heavy atom. The van der Waals surface area contributed by atoms with E-state index in [2.05, 4.69) is 11.4 Å². The van der Waals surface area contributed by atoms with Gasteiger partial charge in [0.2, 0.25) is 0 Å². The van der Waals surface area contributed by atoms with Crippen LogP contribution in [0.15, 0.2) is 0 Å². The van der Waals surface area contributed by atoms with E-state index in [1.165, 1.54) is 12.8 Å². The molecule has 0 saturated heterocycles. The van der Waals surface area contributed by atoms with Crippen molar-refractivity contribution in [1.29, 1.82) is 5.26 Å². The van der Waals surface area contributed by atoms with Gasteiger partial charge in [0.05, 0.1) is 12.1 Å². The van der Waals surface area contributed by atoms with E-state index in [4.69, 9.17) is 5.26 Å². The number of hydrogen-bond acceptors (Lipinski definition) is 2. The molecule has 0 aromatic heterocycles. The van der Waals surface area contributed by atoms with E-state index >= 15 is 0 Å². The molecule has 1 N–H and O–H groups in total. The quantitative estimate of drug-likeness (QED) is 0.606. The van der Waals surface area contributed by atoms with Gasteiger partial charge in [0.1, 0.15) is 0 Å². The third-order valence-corrected chi connectivity index (χ3v) is 1.77. The van der Waals surface area contributed by atoms with E-state index in [0.717, 1.165) is 12.3 Å². The molecule has 0 spiro atoms. The molecule has 0 aliphatic heterocycles. The SMILES string of the molecule is CN[C@H](C#N)CC1CC1. The van der Waals surface area contributed by atoms with Crippen LogP contribution in [0.25, 0.3) is 0 Å². The Labute approximate surface area is 55.9 Å². The van der Waals surface area contributed by atoms with Gasteiger partial charge in [-0.15, -0.1) is 0 Å². The average molecular weight is 124 g/mol. The number of nitrogens with one attached hydrogen (secondary N) is 1. The highest BCUT2D eigenvalue weighted by Crippen LogP contribution is 2.33. The second-order valence-corrected chi connectivity index (χ2v) is 2.65. The molecule has 0 aromatic carbocycles. The largest absolute Gasteiger partial charge is 0.305 e. The smallest absolute Gasteiger partial charge is 0.0953 e. The molecular formula is C7H12N2. The second-order valence-electron chi connectivity index (χ2n) is 2.65. The van der Waals surface area contributed by atoms with Crippen LogP contribution >= 0.6 is 0 Å². The highest BCUT2D eigenvalue weighted by Gasteiger charge is 2.24. The average Bonchev–Trinajstić information content (AvgIpc) is 2.66.